The van der Waals surface area contributed by atoms with Crippen molar-refractivity contribution in [2.75, 3.05) is 20.2 Å². The second kappa shape index (κ2) is 6.96. The zero-order chi connectivity index (χ0) is 18.1. The van der Waals surface area contributed by atoms with Crippen LogP contribution in [0.3, 0.4) is 0 Å². The molecular weight excluding hydrogens is 348 g/mol. The molecule has 0 bridgehead atoms. The van der Waals surface area contributed by atoms with Crippen LogP contribution in [0.25, 0.3) is 10.9 Å². The first kappa shape index (κ1) is 16.8. The number of nitrogens with zero attached hydrogens (tertiary/aromatic N) is 1. The van der Waals surface area contributed by atoms with Gasteiger partial charge in [0, 0.05) is 30.2 Å². The van der Waals surface area contributed by atoms with Gasteiger partial charge in [0.05, 0.1) is 12.0 Å². The second-order valence-corrected chi connectivity index (χ2v) is 7.60. The minimum atomic E-state index is -0.396. The Balaban J connectivity index is 1.44. The molecule has 6 heteroatoms. The van der Waals surface area contributed by atoms with Gasteiger partial charge in [-0.15, -0.1) is 11.3 Å². The van der Waals surface area contributed by atoms with E-state index in [1.807, 2.05) is 11.0 Å². The van der Waals surface area contributed by atoms with Gasteiger partial charge in [-0.3, -0.25) is 4.79 Å². The molecule has 1 aromatic carbocycles. The number of fused-ring (bicyclic) bond motifs is 1. The standard InChI is InChI=1S/C20H20N2O3S/c1-25-20(24)18-7-6-17(26-18)19(23)22-10-8-13(9-11-22)15-12-21-16-5-3-2-4-14(15)16/h2-7,12-13,21H,8-11H2,1H3. The number of aromatic amines is 1. The predicted molar refractivity (Wildman–Crippen MR) is 102 cm³/mol. The molecule has 3 heterocycles. The van der Waals surface area contributed by atoms with Crippen molar-refractivity contribution in [1.82, 2.24) is 9.88 Å². The highest BCUT2D eigenvalue weighted by Gasteiger charge is 2.27. The molecule has 0 radical (unpaired) electrons. The molecule has 1 amide bonds. The minimum Gasteiger partial charge on any atom is -0.465 e. The third-order valence-electron chi connectivity index (χ3n) is 5.05. The van der Waals surface area contributed by atoms with Crippen LogP contribution >= 0.6 is 11.3 Å². The summed E-state index contributed by atoms with van der Waals surface area (Å²) in [5.74, 6) is 0.0683. The van der Waals surface area contributed by atoms with Crippen molar-refractivity contribution in [3.8, 4) is 0 Å². The minimum absolute atomic E-state index is 0.00234. The van der Waals surface area contributed by atoms with E-state index in [1.54, 1.807) is 12.1 Å². The lowest BCUT2D eigenvalue weighted by atomic mass is 9.89. The molecule has 0 atom stereocenters. The summed E-state index contributed by atoms with van der Waals surface area (Å²) in [5, 5.41) is 1.28. The van der Waals surface area contributed by atoms with Crippen molar-refractivity contribution < 1.29 is 14.3 Å². The fourth-order valence-electron chi connectivity index (χ4n) is 3.64. The van der Waals surface area contributed by atoms with E-state index in [2.05, 4.69) is 29.4 Å². The third-order valence-corrected chi connectivity index (χ3v) is 6.10. The van der Waals surface area contributed by atoms with Gasteiger partial charge in [-0.25, -0.2) is 4.79 Å². The summed E-state index contributed by atoms with van der Waals surface area (Å²) in [7, 11) is 1.35. The number of H-pyrrole nitrogens is 1. The summed E-state index contributed by atoms with van der Waals surface area (Å²) in [6.45, 7) is 1.46. The van der Waals surface area contributed by atoms with Crippen LogP contribution in [0.2, 0.25) is 0 Å². The number of para-hydroxylation sites is 1. The SMILES string of the molecule is COC(=O)c1ccc(C(=O)N2CCC(c3c[nH]c4ccccc34)CC2)s1. The molecule has 2 aromatic heterocycles. The third kappa shape index (κ3) is 3.01. The zero-order valence-corrected chi connectivity index (χ0v) is 15.3. The van der Waals surface area contributed by atoms with E-state index >= 15 is 0 Å². The molecule has 1 aliphatic heterocycles. The van der Waals surface area contributed by atoms with Crippen LogP contribution in [0.15, 0.2) is 42.6 Å². The summed E-state index contributed by atoms with van der Waals surface area (Å²) in [6, 6.07) is 11.7. The number of amides is 1. The first-order valence-corrected chi connectivity index (χ1v) is 9.52. The van der Waals surface area contributed by atoms with E-state index in [1.165, 1.54) is 29.4 Å². The Kier molecular flexibility index (Phi) is 4.51. The molecule has 1 fully saturated rings. The Hall–Kier alpha value is -2.60. The van der Waals surface area contributed by atoms with Crippen LogP contribution in [0.5, 0.6) is 0 Å². The first-order valence-electron chi connectivity index (χ1n) is 8.71. The van der Waals surface area contributed by atoms with Gasteiger partial charge in [0.1, 0.15) is 4.88 Å². The molecule has 1 saturated heterocycles. The van der Waals surface area contributed by atoms with Crippen molar-refractivity contribution in [3.05, 3.63) is 57.9 Å². The molecule has 1 aliphatic rings. The van der Waals surface area contributed by atoms with E-state index in [0.29, 0.717) is 15.7 Å². The number of methoxy groups -OCH3 is 1. The number of likely N-dealkylation sites (tertiary alicyclic amines) is 1. The number of hydrogen-bond donors (Lipinski definition) is 1. The fourth-order valence-corrected chi connectivity index (χ4v) is 4.54. The summed E-state index contributed by atoms with van der Waals surface area (Å²) in [5.41, 5.74) is 2.51. The van der Waals surface area contributed by atoms with Gasteiger partial charge in [0.2, 0.25) is 0 Å². The molecule has 134 valence electrons. The van der Waals surface area contributed by atoms with Gasteiger partial charge < -0.3 is 14.6 Å². The van der Waals surface area contributed by atoms with E-state index < -0.39 is 5.97 Å². The fraction of sp³-hybridized carbons (Fsp3) is 0.300. The largest absolute Gasteiger partial charge is 0.465 e. The number of carbonyl (C=O) groups excluding carboxylic acids is 2. The van der Waals surface area contributed by atoms with E-state index in [0.717, 1.165) is 31.4 Å². The first-order chi connectivity index (χ1) is 12.7. The smallest absolute Gasteiger partial charge is 0.348 e. The Morgan fingerprint density at radius 3 is 2.62 bits per heavy atom. The van der Waals surface area contributed by atoms with Gasteiger partial charge in [0.15, 0.2) is 0 Å². The highest BCUT2D eigenvalue weighted by Crippen LogP contribution is 2.33. The molecule has 1 N–H and O–H groups in total. The second-order valence-electron chi connectivity index (χ2n) is 6.51. The summed E-state index contributed by atoms with van der Waals surface area (Å²) in [6.07, 6.45) is 4.00. The van der Waals surface area contributed by atoms with Crippen LogP contribution in [0, 0.1) is 0 Å². The highest BCUT2D eigenvalue weighted by molar-refractivity contribution is 7.15. The normalized spacial score (nSPS) is 15.3. The number of nitrogens with one attached hydrogen (secondary N) is 1. The van der Waals surface area contributed by atoms with Gasteiger partial charge in [0.25, 0.3) is 5.91 Å². The number of piperidine rings is 1. The van der Waals surface area contributed by atoms with Crippen molar-refractivity contribution in [3.63, 3.8) is 0 Å². The number of aromatic nitrogens is 1. The van der Waals surface area contributed by atoms with Gasteiger partial charge in [-0.05, 0) is 42.5 Å². The van der Waals surface area contributed by atoms with Crippen LogP contribution < -0.4 is 0 Å². The molecule has 0 spiro atoms. The summed E-state index contributed by atoms with van der Waals surface area (Å²) in [4.78, 5) is 30.6. The zero-order valence-electron chi connectivity index (χ0n) is 14.5. The topological polar surface area (TPSA) is 62.4 Å². The Labute approximate surface area is 155 Å². The Morgan fingerprint density at radius 2 is 1.85 bits per heavy atom. The molecule has 26 heavy (non-hydrogen) atoms. The van der Waals surface area contributed by atoms with Crippen LogP contribution in [-0.2, 0) is 4.74 Å². The van der Waals surface area contributed by atoms with Crippen LogP contribution in [0.4, 0.5) is 0 Å². The molecule has 5 nitrogen and oxygen atoms in total. The Morgan fingerprint density at radius 1 is 1.12 bits per heavy atom. The van der Waals surface area contributed by atoms with Crippen molar-refractivity contribution in [2.45, 2.75) is 18.8 Å². The van der Waals surface area contributed by atoms with Gasteiger partial charge in [-0.2, -0.15) is 0 Å². The highest BCUT2D eigenvalue weighted by atomic mass is 32.1. The summed E-state index contributed by atoms with van der Waals surface area (Å²) >= 11 is 1.20. The molecule has 4 rings (SSSR count). The number of esters is 1. The number of carbonyl (C=O) groups is 2. The maximum Gasteiger partial charge on any atom is 0.348 e. The van der Waals surface area contributed by atoms with Gasteiger partial charge in [-0.1, -0.05) is 18.2 Å². The number of benzene rings is 1. The maximum absolute atomic E-state index is 12.7. The van der Waals surface area contributed by atoms with Crippen LogP contribution in [0.1, 0.15) is 43.7 Å². The van der Waals surface area contributed by atoms with E-state index in [4.69, 9.17) is 4.74 Å². The molecular formula is C20H20N2O3S. The average Bonchev–Trinajstić information content (AvgIpc) is 3.34. The lowest BCUT2D eigenvalue weighted by Gasteiger charge is -2.31. The molecule has 0 saturated carbocycles. The lowest BCUT2D eigenvalue weighted by molar-refractivity contribution is 0.0606. The number of rotatable bonds is 3. The maximum atomic E-state index is 12.7. The predicted octanol–water partition coefficient (Wildman–Crippen LogP) is 4.04. The molecule has 0 unspecified atom stereocenters. The van der Waals surface area contributed by atoms with Crippen molar-refractivity contribution in [2.24, 2.45) is 0 Å². The number of thiophene rings is 1. The average molecular weight is 368 g/mol. The lowest BCUT2D eigenvalue weighted by Crippen LogP contribution is -2.37. The number of ether oxygens (including phenoxy) is 1. The van der Waals surface area contributed by atoms with E-state index in [-0.39, 0.29) is 5.91 Å². The number of hydrogen-bond acceptors (Lipinski definition) is 4. The summed E-state index contributed by atoms with van der Waals surface area (Å²) < 4.78 is 4.71. The van der Waals surface area contributed by atoms with Crippen molar-refractivity contribution >= 4 is 34.1 Å². The van der Waals surface area contributed by atoms with Crippen molar-refractivity contribution in [1.29, 1.82) is 0 Å². The molecule has 3 aromatic rings. The monoisotopic (exact) mass is 368 g/mol. The van der Waals surface area contributed by atoms with E-state index in [9.17, 15) is 9.59 Å². The van der Waals surface area contributed by atoms with Gasteiger partial charge >= 0.3 is 5.97 Å². The quantitative estimate of drug-likeness (QED) is 0.710. The molecule has 0 aliphatic carbocycles. The Bertz CT molecular complexity index is 951. The van der Waals surface area contributed by atoms with Crippen LogP contribution in [-0.4, -0.2) is 42.0 Å².